The maximum absolute atomic E-state index is 4.40. The highest BCUT2D eigenvalue weighted by Gasteiger charge is 2.15. The van der Waals surface area contributed by atoms with Gasteiger partial charge in [-0.2, -0.15) is 4.80 Å². The second kappa shape index (κ2) is 5.39. The van der Waals surface area contributed by atoms with Gasteiger partial charge in [-0.05, 0) is 30.5 Å². The highest BCUT2D eigenvalue weighted by Crippen LogP contribution is 2.10. The Balaban J connectivity index is 1.86. The molecule has 1 atom stereocenters. The van der Waals surface area contributed by atoms with Gasteiger partial charge in [-0.25, -0.2) is 0 Å². The zero-order valence-corrected chi connectivity index (χ0v) is 10.2. The Kier molecular flexibility index (Phi) is 3.88. The van der Waals surface area contributed by atoms with Crippen LogP contribution in [0.4, 0.5) is 0 Å². The van der Waals surface area contributed by atoms with Crippen LogP contribution in [-0.2, 0) is 13.0 Å². The number of hydrogen-bond acceptors (Lipinski definition) is 4. The van der Waals surface area contributed by atoms with E-state index in [1.165, 1.54) is 19.3 Å². The van der Waals surface area contributed by atoms with Gasteiger partial charge in [-0.1, -0.05) is 20.3 Å². The average molecular weight is 223 g/mol. The van der Waals surface area contributed by atoms with Crippen LogP contribution in [0.15, 0.2) is 0 Å². The van der Waals surface area contributed by atoms with E-state index in [2.05, 4.69) is 34.6 Å². The maximum atomic E-state index is 4.40. The molecule has 0 aliphatic carbocycles. The van der Waals surface area contributed by atoms with Crippen LogP contribution < -0.4 is 5.32 Å². The van der Waals surface area contributed by atoms with Crippen molar-refractivity contribution in [2.75, 3.05) is 6.54 Å². The lowest BCUT2D eigenvalue weighted by molar-refractivity contribution is 0.391. The molecule has 0 aromatic carbocycles. The Morgan fingerprint density at radius 1 is 1.44 bits per heavy atom. The Hall–Kier alpha value is -0.970. The summed E-state index contributed by atoms with van der Waals surface area (Å²) in [6.45, 7) is 6.30. The topological polar surface area (TPSA) is 55.6 Å². The number of rotatable bonds is 4. The Labute approximate surface area is 96.6 Å². The molecule has 0 spiro atoms. The number of nitrogens with zero attached hydrogens (tertiary/aromatic N) is 4. The van der Waals surface area contributed by atoms with E-state index in [1.54, 1.807) is 4.80 Å². The SMILES string of the molecule is CC(C)Cn1nnc(CC2CCCCN2)n1. The summed E-state index contributed by atoms with van der Waals surface area (Å²) in [5.41, 5.74) is 0. The quantitative estimate of drug-likeness (QED) is 0.828. The van der Waals surface area contributed by atoms with Crippen LogP contribution in [0, 0.1) is 5.92 Å². The minimum absolute atomic E-state index is 0.547. The van der Waals surface area contributed by atoms with E-state index >= 15 is 0 Å². The van der Waals surface area contributed by atoms with Gasteiger partial charge in [0.1, 0.15) is 0 Å². The molecule has 1 saturated heterocycles. The first-order valence-electron chi connectivity index (χ1n) is 6.24. The van der Waals surface area contributed by atoms with Crippen LogP contribution in [0.25, 0.3) is 0 Å². The van der Waals surface area contributed by atoms with Gasteiger partial charge < -0.3 is 5.32 Å². The maximum Gasteiger partial charge on any atom is 0.176 e. The normalized spacial score (nSPS) is 21.6. The largest absolute Gasteiger partial charge is 0.314 e. The smallest absolute Gasteiger partial charge is 0.176 e. The molecular formula is C11H21N5. The Morgan fingerprint density at radius 3 is 3.00 bits per heavy atom. The van der Waals surface area contributed by atoms with Crippen LogP contribution >= 0.6 is 0 Å². The summed E-state index contributed by atoms with van der Waals surface area (Å²) in [7, 11) is 0. The molecule has 5 heteroatoms. The van der Waals surface area contributed by atoms with E-state index in [0.717, 1.165) is 25.3 Å². The summed E-state index contributed by atoms with van der Waals surface area (Å²) >= 11 is 0. The van der Waals surface area contributed by atoms with Crippen LogP contribution in [0.2, 0.25) is 0 Å². The zero-order valence-electron chi connectivity index (χ0n) is 10.2. The number of hydrogen-bond donors (Lipinski definition) is 1. The van der Waals surface area contributed by atoms with Crippen molar-refractivity contribution in [3.05, 3.63) is 5.82 Å². The minimum atomic E-state index is 0.547. The van der Waals surface area contributed by atoms with Crippen LogP contribution in [0.1, 0.15) is 38.9 Å². The Morgan fingerprint density at radius 2 is 2.31 bits per heavy atom. The van der Waals surface area contributed by atoms with E-state index in [9.17, 15) is 0 Å². The summed E-state index contributed by atoms with van der Waals surface area (Å²) in [5.74, 6) is 1.44. The lowest BCUT2D eigenvalue weighted by Gasteiger charge is -2.21. The standard InChI is InChI=1S/C11H21N5/c1-9(2)8-16-14-11(13-15-16)7-10-5-3-4-6-12-10/h9-10,12H,3-8H2,1-2H3. The molecule has 1 aromatic rings. The minimum Gasteiger partial charge on any atom is -0.314 e. The molecular weight excluding hydrogens is 202 g/mol. The van der Waals surface area contributed by atoms with Gasteiger partial charge in [0, 0.05) is 12.5 Å². The number of nitrogens with one attached hydrogen (secondary N) is 1. The molecule has 1 fully saturated rings. The highest BCUT2D eigenvalue weighted by molar-refractivity contribution is 4.86. The number of tetrazole rings is 1. The fourth-order valence-corrected chi connectivity index (χ4v) is 2.08. The van der Waals surface area contributed by atoms with Gasteiger partial charge in [0.05, 0.1) is 6.54 Å². The monoisotopic (exact) mass is 223 g/mol. The summed E-state index contributed by atoms with van der Waals surface area (Å²) in [6, 6.07) is 0.547. The van der Waals surface area contributed by atoms with Crippen LogP contribution in [0.5, 0.6) is 0 Å². The average Bonchev–Trinajstić information content (AvgIpc) is 2.66. The third kappa shape index (κ3) is 3.27. The third-order valence-electron chi connectivity index (χ3n) is 2.86. The van der Waals surface area contributed by atoms with Crippen molar-refractivity contribution in [3.63, 3.8) is 0 Å². The van der Waals surface area contributed by atoms with Gasteiger partial charge in [0.2, 0.25) is 0 Å². The summed E-state index contributed by atoms with van der Waals surface area (Å²) in [6.07, 6.45) is 4.76. The van der Waals surface area contributed by atoms with Gasteiger partial charge in [-0.15, -0.1) is 10.2 Å². The molecule has 0 amide bonds. The first-order chi connectivity index (χ1) is 7.74. The van der Waals surface area contributed by atoms with Crippen molar-refractivity contribution in [1.82, 2.24) is 25.5 Å². The molecule has 2 heterocycles. The molecule has 5 nitrogen and oxygen atoms in total. The van der Waals surface area contributed by atoms with E-state index < -0.39 is 0 Å². The van der Waals surface area contributed by atoms with E-state index in [0.29, 0.717) is 12.0 Å². The summed E-state index contributed by atoms with van der Waals surface area (Å²) < 4.78 is 0. The van der Waals surface area contributed by atoms with Crippen molar-refractivity contribution in [1.29, 1.82) is 0 Å². The molecule has 1 aliphatic heterocycles. The number of aromatic nitrogens is 4. The van der Waals surface area contributed by atoms with E-state index in [4.69, 9.17) is 0 Å². The molecule has 1 aromatic heterocycles. The van der Waals surface area contributed by atoms with Crippen molar-refractivity contribution < 1.29 is 0 Å². The van der Waals surface area contributed by atoms with Gasteiger partial charge in [0.15, 0.2) is 5.82 Å². The lowest BCUT2D eigenvalue weighted by Crippen LogP contribution is -2.35. The summed E-state index contributed by atoms with van der Waals surface area (Å²) in [4.78, 5) is 1.71. The predicted molar refractivity (Wildman–Crippen MR) is 62.0 cm³/mol. The second-order valence-corrected chi connectivity index (χ2v) is 5.01. The zero-order chi connectivity index (χ0) is 11.4. The molecule has 90 valence electrons. The molecule has 0 radical (unpaired) electrons. The first kappa shape index (κ1) is 11.5. The molecule has 0 saturated carbocycles. The molecule has 1 N–H and O–H groups in total. The van der Waals surface area contributed by atoms with Crippen LogP contribution in [-0.4, -0.2) is 32.8 Å². The molecule has 16 heavy (non-hydrogen) atoms. The third-order valence-corrected chi connectivity index (χ3v) is 2.86. The van der Waals surface area contributed by atoms with Crippen molar-refractivity contribution >= 4 is 0 Å². The Bertz CT molecular complexity index is 314. The van der Waals surface area contributed by atoms with Gasteiger partial charge >= 0.3 is 0 Å². The van der Waals surface area contributed by atoms with Crippen molar-refractivity contribution in [3.8, 4) is 0 Å². The fourth-order valence-electron chi connectivity index (χ4n) is 2.08. The molecule has 0 bridgehead atoms. The highest BCUT2D eigenvalue weighted by atomic mass is 15.6. The van der Waals surface area contributed by atoms with E-state index in [-0.39, 0.29) is 0 Å². The molecule has 2 rings (SSSR count). The molecule has 1 aliphatic rings. The van der Waals surface area contributed by atoms with Crippen LogP contribution in [0.3, 0.4) is 0 Å². The van der Waals surface area contributed by atoms with Crippen molar-refractivity contribution in [2.45, 2.75) is 52.1 Å². The molecule has 1 unspecified atom stereocenters. The van der Waals surface area contributed by atoms with Crippen molar-refractivity contribution in [2.24, 2.45) is 5.92 Å². The first-order valence-corrected chi connectivity index (χ1v) is 6.24. The lowest BCUT2D eigenvalue weighted by atomic mass is 10.0. The van der Waals surface area contributed by atoms with Gasteiger partial charge in [-0.3, -0.25) is 0 Å². The fraction of sp³-hybridized carbons (Fsp3) is 0.909. The van der Waals surface area contributed by atoms with Gasteiger partial charge in [0.25, 0.3) is 0 Å². The summed E-state index contributed by atoms with van der Waals surface area (Å²) in [5, 5.41) is 16.1. The second-order valence-electron chi connectivity index (χ2n) is 5.01. The number of piperidine rings is 1. The predicted octanol–water partition coefficient (Wildman–Crippen LogP) is 1.01. The van der Waals surface area contributed by atoms with E-state index in [1.807, 2.05) is 0 Å².